The first-order chi connectivity index (χ1) is 16.4. The Labute approximate surface area is 211 Å². The highest BCUT2D eigenvalue weighted by Crippen LogP contribution is 2.30. The fourth-order valence-electron chi connectivity index (χ4n) is 5.24. The van der Waals surface area contributed by atoms with Crippen molar-refractivity contribution < 1.29 is 19.4 Å². The summed E-state index contributed by atoms with van der Waals surface area (Å²) >= 11 is 0. The monoisotopic (exact) mass is 480 g/mol. The number of rotatable bonds is 21. The van der Waals surface area contributed by atoms with Crippen LogP contribution in [0.5, 0.6) is 0 Å². The van der Waals surface area contributed by atoms with Gasteiger partial charge in [-0.05, 0) is 57.3 Å². The van der Waals surface area contributed by atoms with Crippen molar-refractivity contribution in [2.24, 2.45) is 17.8 Å². The van der Waals surface area contributed by atoms with Gasteiger partial charge >= 0.3 is 11.9 Å². The fourth-order valence-corrected chi connectivity index (χ4v) is 5.24. The van der Waals surface area contributed by atoms with Crippen LogP contribution in [0.4, 0.5) is 0 Å². The molecular weight excluding hydrogens is 424 g/mol. The van der Waals surface area contributed by atoms with Crippen molar-refractivity contribution in [1.29, 1.82) is 0 Å². The summed E-state index contributed by atoms with van der Waals surface area (Å²) < 4.78 is 6.02. The highest BCUT2D eigenvalue weighted by molar-refractivity contribution is 5.74. The number of hydrogen-bond donors (Lipinski definition) is 1. The lowest BCUT2D eigenvalue weighted by Gasteiger charge is -2.27. The van der Waals surface area contributed by atoms with Crippen LogP contribution in [0, 0.1) is 17.8 Å². The van der Waals surface area contributed by atoms with E-state index in [1.807, 2.05) is 0 Å². The van der Waals surface area contributed by atoms with Crippen LogP contribution in [0.3, 0.4) is 0 Å². The lowest BCUT2D eigenvalue weighted by Crippen LogP contribution is -2.29. The van der Waals surface area contributed by atoms with E-state index in [1.54, 1.807) is 0 Å². The molecule has 0 aliphatic heterocycles. The van der Waals surface area contributed by atoms with Gasteiger partial charge in [0.15, 0.2) is 0 Å². The van der Waals surface area contributed by atoms with Gasteiger partial charge in [-0.15, -0.1) is 0 Å². The summed E-state index contributed by atoms with van der Waals surface area (Å²) in [5, 5.41) is 9.20. The van der Waals surface area contributed by atoms with Crippen LogP contribution >= 0.6 is 0 Å². The van der Waals surface area contributed by atoms with Gasteiger partial charge in [-0.25, -0.2) is 0 Å². The Morgan fingerprint density at radius 1 is 0.676 bits per heavy atom. The molecule has 1 saturated carbocycles. The van der Waals surface area contributed by atoms with Gasteiger partial charge in [0.05, 0.1) is 11.8 Å². The zero-order valence-corrected chi connectivity index (χ0v) is 22.8. The molecule has 34 heavy (non-hydrogen) atoms. The van der Waals surface area contributed by atoms with E-state index in [0.717, 1.165) is 31.6 Å². The zero-order chi connectivity index (χ0) is 25.0. The standard InChI is InChI=1S/C30H56O4/c1-4-5-6-7-13-16-19-28(20-17-14-11-9-8-10-12-15-18-25(2)3)34-30(33)27-23-21-26(22-24-27)29(31)32/h25-28H,4-24H2,1-3H3,(H,31,32). The molecule has 0 amide bonds. The van der Waals surface area contributed by atoms with Crippen LogP contribution in [-0.4, -0.2) is 23.1 Å². The number of carboxylic acids is 1. The highest BCUT2D eigenvalue weighted by atomic mass is 16.5. The zero-order valence-electron chi connectivity index (χ0n) is 22.8. The first kappa shape index (κ1) is 31.0. The molecule has 1 aliphatic rings. The van der Waals surface area contributed by atoms with Crippen molar-refractivity contribution in [3.05, 3.63) is 0 Å². The van der Waals surface area contributed by atoms with Crippen LogP contribution in [0.1, 0.15) is 156 Å². The number of aliphatic carboxylic acids is 1. The molecule has 1 rings (SSSR count). The Hall–Kier alpha value is -1.06. The molecule has 200 valence electrons. The van der Waals surface area contributed by atoms with E-state index in [9.17, 15) is 14.7 Å². The number of ether oxygens (including phenoxy) is 1. The Morgan fingerprint density at radius 2 is 1.09 bits per heavy atom. The van der Waals surface area contributed by atoms with Gasteiger partial charge < -0.3 is 9.84 Å². The SMILES string of the molecule is CCCCCCCCC(CCCCCCCCCCC(C)C)OC(=O)C1CCC(C(=O)O)CC1. The lowest BCUT2D eigenvalue weighted by molar-refractivity contribution is -0.158. The van der Waals surface area contributed by atoms with Gasteiger partial charge in [-0.3, -0.25) is 9.59 Å². The minimum absolute atomic E-state index is 0.0481. The lowest BCUT2D eigenvalue weighted by atomic mass is 9.82. The van der Waals surface area contributed by atoms with E-state index in [4.69, 9.17) is 4.74 Å². The van der Waals surface area contributed by atoms with E-state index in [-0.39, 0.29) is 23.9 Å². The summed E-state index contributed by atoms with van der Waals surface area (Å²) in [6.45, 7) is 6.86. The normalized spacial score (nSPS) is 19.3. The third-order valence-electron chi connectivity index (χ3n) is 7.63. The molecule has 0 spiro atoms. The second-order valence-electron chi connectivity index (χ2n) is 11.3. The molecule has 0 heterocycles. The summed E-state index contributed by atoms with van der Waals surface area (Å²) in [6.07, 6.45) is 23.9. The van der Waals surface area contributed by atoms with Crippen molar-refractivity contribution in [2.75, 3.05) is 0 Å². The molecule has 0 saturated heterocycles. The summed E-state index contributed by atoms with van der Waals surface area (Å²) in [7, 11) is 0. The van der Waals surface area contributed by atoms with Gasteiger partial charge in [-0.1, -0.05) is 104 Å². The average molecular weight is 481 g/mol. The molecule has 1 fully saturated rings. The predicted octanol–water partition coefficient (Wildman–Crippen LogP) is 9.10. The molecule has 0 radical (unpaired) electrons. The van der Waals surface area contributed by atoms with Crippen molar-refractivity contribution in [3.63, 3.8) is 0 Å². The summed E-state index contributed by atoms with van der Waals surface area (Å²) in [6, 6.07) is 0. The highest BCUT2D eigenvalue weighted by Gasteiger charge is 2.31. The first-order valence-corrected chi connectivity index (χ1v) is 14.9. The summed E-state index contributed by atoms with van der Waals surface area (Å²) in [5.74, 6) is -0.334. The largest absolute Gasteiger partial charge is 0.481 e. The molecule has 0 bridgehead atoms. The van der Waals surface area contributed by atoms with Crippen molar-refractivity contribution in [2.45, 2.75) is 162 Å². The number of carbonyl (C=O) groups is 2. The van der Waals surface area contributed by atoms with Crippen molar-refractivity contribution >= 4 is 11.9 Å². The summed E-state index contributed by atoms with van der Waals surface area (Å²) in [5.41, 5.74) is 0. The number of unbranched alkanes of at least 4 members (excludes halogenated alkanes) is 12. The maximum Gasteiger partial charge on any atom is 0.309 e. The van der Waals surface area contributed by atoms with Crippen LogP contribution in [0.25, 0.3) is 0 Å². The second kappa shape index (κ2) is 20.2. The van der Waals surface area contributed by atoms with Crippen LogP contribution in [-0.2, 0) is 14.3 Å². The maximum atomic E-state index is 12.8. The quantitative estimate of drug-likeness (QED) is 0.131. The summed E-state index contributed by atoms with van der Waals surface area (Å²) in [4.78, 5) is 24.0. The minimum Gasteiger partial charge on any atom is -0.481 e. The van der Waals surface area contributed by atoms with Gasteiger partial charge in [-0.2, -0.15) is 0 Å². The van der Waals surface area contributed by atoms with E-state index < -0.39 is 5.97 Å². The number of esters is 1. The third kappa shape index (κ3) is 15.8. The smallest absolute Gasteiger partial charge is 0.309 e. The Bertz CT molecular complexity index is 508. The van der Waals surface area contributed by atoms with E-state index in [2.05, 4.69) is 20.8 Å². The topological polar surface area (TPSA) is 63.6 Å². The Morgan fingerprint density at radius 3 is 1.53 bits per heavy atom. The number of hydrogen-bond acceptors (Lipinski definition) is 3. The Balaban J connectivity index is 2.28. The third-order valence-corrected chi connectivity index (χ3v) is 7.63. The predicted molar refractivity (Wildman–Crippen MR) is 142 cm³/mol. The second-order valence-corrected chi connectivity index (χ2v) is 11.3. The number of carboxylic acid groups (broad SMARTS) is 1. The molecule has 1 atom stereocenters. The number of carbonyl (C=O) groups excluding carboxylic acids is 1. The first-order valence-electron chi connectivity index (χ1n) is 14.9. The molecule has 1 aliphatic carbocycles. The van der Waals surface area contributed by atoms with Crippen LogP contribution in [0.2, 0.25) is 0 Å². The van der Waals surface area contributed by atoms with Crippen molar-refractivity contribution in [1.82, 2.24) is 0 Å². The van der Waals surface area contributed by atoms with Crippen LogP contribution in [0.15, 0.2) is 0 Å². The van der Waals surface area contributed by atoms with Gasteiger partial charge in [0.25, 0.3) is 0 Å². The Kier molecular flexibility index (Phi) is 18.4. The van der Waals surface area contributed by atoms with Crippen molar-refractivity contribution in [3.8, 4) is 0 Å². The maximum absolute atomic E-state index is 12.8. The fraction of sp³-hybridized carbons (Fsp3) is 0.933. The molecule has 4 nitrogen and oxygen atoms in total. The molecule has 0 aromatic heterocycles. The van der Waals surface area contributed by atoms with Gasteiger partial charge in [0.1, 0.15) is 6.10 Å². The molecule has 1 N–H and O–H groups in total. The average Bonchev–Trinajstić information content (AvgIpc) is 2.82. The van der Waals surface area contributed by atoms with Crippen LogP contribution < -0.4 is 0 Å². The van der Waals surface area contributed by atoms with Gasteiger partial charge in [0, 0.05) is 0 Å². The minimum atomic E-state index is -0.719. The molecule has 1 unspecified atom stereocenters. The molecular formula is C30H56O4. The van der Waals surface area contributed by atoms with E-state index in [1.165, 1.54) is 83.5 Å². The van der Waals surface area contributed by atoms with E-state index >= 15 is 0 Å². The molecule has 4 heteroatoms. The molecule has 0 aromatic carbocycles. The molecule has 0 aromatic rings. The van der Waals surface area contributed by atoms with E-state index in [0.29, 0.717) is 25.7 Å². The van der Waals surface area contributed by atoms with Gasteiger partial charge in [0.2, 0.25) is 0 Å².